The van der Waals surface area contributed by atoms with Crippen molar-refractivity contribution in [1.29, 1.82) is 0 Å². The summed E-state index contributed by atoms with van der Waals surface area (Å²) in [6, 6.07) is 22.0. The SMILES string of the molecule is CCc1ccccc1NC(=O)c1ccc(COc2ccc3c(C)cc(=O)oc3c2)cc1. The number of fused-ring (bicyclic) bond motifs is 1. The Morgan fingerprint density at radius 1 is 1.00 bits per heavy atom. The largest absolute Gasteiger partial charge is 0.489 e. The molecule has 0 radical (unpaired) electrons. The molecule has 0 unspecified atom stereocenters. The van der Waals surface area contributed by atoms with Gasteiger partial charge in [0.1, 0.15) is 17.9 Å². The molecular weight excluding hydrogens is 390 g/mol. The Morgan fingerprint density at radius 2 is 1.77 bits per heavy atom. The highest BCUT2D eigenvalue weighted by atomic mass is 16.5. The first-order chi connectivity index (χ1) is 15.0. The summed E-state index contributed by atoms with van der Waals surface area (Å²) in [4.78, 5) is 24.2. The van der Waals surface area contributed by atoms with E-state index >= 15 is 0 Å². The van der Waals surface area contributed by atoms with Gasteiger partial charge in [-0.3, -0.25) is 4.79 Å². The van der Waals surface area contributed by atoms with Crippen LogP contribution in [-0.4, -0.2) is 5.91 Å². The predicted octanol–water partition coefficient (Wildman–Crippen LogP) is 5.50. The number of anilines is 1. The van der Waals surface area contributed by atoms with E-state index < -0.39 is 0 Å². The van der Waals surface area contributed by atoms with Gasteiger partial charge in [0.05, 0.1) is 0 Å². The monoisotopic (exact) mass is 413 g/mol. The number of nitrogens with one attached hydrogen (secondary N) is 1. The summed E-state index contributed by atoms with van der Waals surface area (Å²) in [5.41, 5.74) is 4.43. The van der Waals surface area contributed by atoms with Gasteiger partial charge in [0.15, 0.2) is 0 Å². The van der Waals surface area contributed by atoms with E-state index in [9.17, 15) is 9.59 Å². The van der Waals surface area contributed by atoms with Gasteiger partial charge >= 0.3 is 5.63 Å². The van der Waals surface area contributed by atoms with Crippen molar-refractivity contribution in [2.24, 2.45) is 0 Å². The molecular formula is C26H23NO4. The summed E-state index contributed by atoms with van der Waals surface area (Å²) < 4.78 is 11.1. The normalized spacial score (nSPS) is 10.8. The van der Waals surface area contributed by atoms with Crippen molar-refractivity contribution in [2.45, 2.75) is 26.9 Å². The van der Waals surface area contributed by atoms with Crippen LogP contribution < -0.4 is 15.7 Å². The molecule has 0 atom stereocenters. The fourth-order valence-electron chi connectivity index (χ4n) is 3.46. The second-order valence-electron chi connectivity index (χ2n) is 7.36. The topological polar surface area (TPSA) is 68.5 Å². The van der Waals surface area contributed by atoms with Crippen molar-refractivity contribution >= 4 is 22.6 Å². The zero-order valence-electron chi connectivity index (χ0n) is 17.5. The molecule has 0 spiro atoms. The number of ether oxygens (including phenoxy) is 1. The van der Waals surface area contributed by atoms with Crippen molar-refractivity contribution in [2.75, 3.05) is 5.32 Å². The number of hydrogen-bond acceptors (Lipinski definition) is 4. The van der Waals surface area contributed by atoms with Crippen molar-refractivity contribution in [3.05, 3.63) is 105 Å². The summed E-state index contributed by atoms with van der Waals surface area (Å²) in [7, 11) is 0. The Bertz CT molecular complexity index is 1290. The van der Waals surface area contributed by atoms with Crippen molar-refractivity contribution in [3.8, 4) is 5.75 Å². The fraction of sp³-hybridized carbons (Fsp3) is 0.154. The third-order valence-corrected chi connectivity index (χ3v) is 5.19. The summed E-state index contributed by atoms with van der Waals surface area (Å²) in [5, 5.41) is 3.86. The van der Waals surface area contributed by atoms with Crippen LogP contribution in [0.1, 0.15) is 34.0 Å². The molecule has 0 saturated heterocycles. The van der Waals surface area contributed by atoms with Crippen LogP contribution in [0.4, 0.5) is 5.69 Å². The maximum absolute atomic E-state index is 12.6. The number of hydrogen-bond donors (Lipinski definition) is 1. The molecule has 1 heterocycles. The second-order valence-corrected chi connectivity index (χ2v) is 7.36. The third-order valence-electron chi connectivity index (χ3n) is 5.19. The van der Waals surface area contributed by atoms with Gasteiger partial charge in [-0.25, -0.2) is 4.79 Å². The highest BCUT2D eigenvalue weighted by Crippen LogP contribution is 2.23. The molecule has 0 aliphatic carbocycles. The van der Waals surface area contributed by atoms with Gasteiger partial charge in [0, 0.05) is 28.8 Å². The molecule has 0 aliphatic heterocycles. The first-order valence-electron chi connectivity index (χ1n) is 10.2. The Morgan fingerprint density at radius 3 is 2.55 bits per heavy atom. The number of para-hydroxylation sites is 1. The van der Waals surface area contributed by atoms with E-state index in [1.165, 1.54) is 6.07 Å². The molecule has 3 aromatic carbocycles. The van der Waals surface area contributed by atoms with E-state index in [0.29, 0.717) is 23.5 Å². The van der Waals surface area contributed by atoms with Gasteiger partial charge in [-0.15, -0.1) is 0 Å². The quantitative estimate of drug-likeness (QED) is 0.424. The first kappa shape index (κ1) is 20.4. The van der Waals surface area contributed by atoms with Crippen LogP contribution in [0.15, 0.2) is 82.0 Å². The summed E-state index contributed by atoms with van der Waals surface area (Å²) in [5.74, 6) is 0.465. The van der Waals surface area contributed by atoms with Crippen LogP contribution in [0.3, 0.4) is 0 Å². The van der Waals surface area contributed by atoms with E-state index in [-0.39, 0.29) is 11.5 Å². The highest BCUT2D eigenvalue weighted by Gasteiger charge is 2.09. The van der Waals surface area contributed by atoms with E-state index in [1.807, 2.05) is 55.5 Å². The molecule has 1 amide bonds. The Balaban J connectivity index is 1.42. The first-order valence-corrected chi connectivity index (χ1v) is 10.2. The smallest absolute Gasteiger partial charge is 0.336 e. The van der Waals surface area contributed by atoms with Gasteiger partial charge in [-0.1, -0.05) is 37.3 Å². The second kappa shape index (κ2) is 8.88. The molecule has 4 aromatic rings. The number of rotatable bonds is 6. The zero-order chi connectivity index (χ0) is 21.8. The summed E-state index contributed by atoms with van der Waals surface area (Å²) >= 11 is 0. The van der Waals surface area contributed by atoms with Crippen LogP contribution in [0.5, 0.6) is 5.75 Å². The van der Waals surface area contributed by atoms with E-state index in [4.69, 9.17) is 9.15 Å². The standard InChI is InChI=1S/C26H23NO4/c1-3-19-6-4-5-7-23(19)27-26(29)20-10-8-18(9-11-20)16-30-21-12-13-22-17(2)14-25(28)31-24(22)15-21/h4-15H,3,16H2,1-2H3,(H,27,29). The van der Waals surface area contributed by atoms with Gasteiger partial charge in [0.2, 0.25) is 0 Å². The third kappa shape index (κ3) is 4.67. The molecule has 0 aliphatic rings. The number of carbonyl (C=O) groups excluding carboxylic acids is 1. The average Bonchev–Trinajstić information content (AvgIpc) is 2.78. The molecule has 4 rings (SSSR count). The lowest BCUT2D eigenvalue weighted by atomic mass is 10.1. The summed E-state index contributed by atoms with van der Waals surface area (Å²) in [6.07, 6.45) is 0.852. The van der Waals surface area contributed by atoms with E-state index in [1.54, 1.807) is 18.2 Å². The lowest BCUT2D eigenvalue weighted by molar-refractivity contribution is 0.102. The van der Waals surface area contributed by atoms with Crippen LogP contribution >= 0.6 is 0 Å². The van der Waals surface area contributed by atoms with Crippen LogP contribution in [0.25, 0.3) is 11.0 Å². The molecule has 0 bridgehead atoms. The minimum Gasteiger partial charge on any atom is -0.489 e. The Hall–Kier alpha value is -3.86. The molecule has 156 valence electrons. The lowest BCUT2D eigenvalue weighted by Gasteiger charge is -2.11. The van der Waals surface area contributed by atoms with Gasteiger partial charge in [-0.05, 0) is 60.4 Å². The molecule has 31 heavy (non-hydrogen) atoms. The number of carbonyl (C=O) groups is 1. The predicted molar refractivity (Wildman–Crippen MR) is 122 cm³/mol. The van der Waals surface area contributed by atoms with Crippen molar-refractivity contribution in [3.63, 3.8) is 0 Å². The number of aryl methyl sites for hydroxylation is 2. The zero-order valence-corrected chi connectivity index (χ0v) is 17.5. The molecule has 1 N–H and O–H groups in total. The van der Waals surface area contributed by atoms with Crippen molar-refractivity contribution < 1.29 is 13.9 Å². The van der Waals surface area contributed by atoms with Gasteiger partial charge < -0.3 is 14.5 Å². The Kier molecular flexibility index (Phi) is 5.85. The molecule has 1 aromatic heterocycles. The maximum Gasteiger partial charge on any atom is 0.336 e. The summed E-state index contributed by atoms with van der Waals surface area (Å²) in [6.45, 7) is 4.27. The van der Waals surface area contributed by atoms with E-state index in [2.05, 4.69) is 12.2 Å². The molecule has 5 heteroatoms. The minimum absolute atomic E-state index is 0.145. The van der Waals surface area contributed by atoms with Gasteiger partial charge in [-0.2, -0.15) is 0 Å². The van der Waals surface area contributed by atoms with Crippen LogP contribution in [-0.2, 0) is 13.0 Å². The van der Waals surface area contributed by atoms with Crippen molar-refractivity contribution in [1.82, 2.24) is 0 Å². The maximum atomic E-state index is 12.6. The molecule has 0 saturated carbocycles. The number of amides is 1. The highest BCUT2D eigenvalue weighted by molar-refractivity contribution is 6.04. The average molecular weight is 413 g/mol. The lowest BCUT2D eigenvalue weighted by Crippen LogP contribution is -2.13. The van der Waals surface area contributed by atoms with Gasteiger partial charge in [0.25, 0.3) is 5.91 Å². The van der Waals surface area contributed by atoms with Crippen LogP contribution in [0.2, 0.25) is 0 Å². The number of benzene rings is 3. The molecule has 5 nitrogen and oxygen atoms in total. The Labute approximate surface area is 180 Å². The fourth-order valence-corrected chi connectivity index (χ4v) is 3.46. The minimum atomic E-state index is -0.377. The van der Waals surface area contributed by atoms with Crippen LogP contribution in [0, 0.1) is 6.92 Å². The molecule has 0 fully saturated rings. The van der Waals surface area contributed by atoms with E-state index in [0.717, 1.165) is 34.2 Å².